The summed E-state index contributed by atoms with van der Waals surface area (Å²) in [6, 6.07) is 2.83. The number of rotatable bonds is 0. The molecular weight excluding hydrogens is 209 g/mol. The van der Waals surface area contributed by atoms with Crippen LogP contribution in [0.5, 0.6) is 0 Å². The summed E-state index contributed by atoms with van der Waals surface area (Å²) in [5.41, 5.74) is 1.15. The molecule has 56 valence electrons. The summed E-state index contributed by atoms with van der Waals surface area (Å²) in [7, 11) is 0. The van der Waals surface area contributed by atoms with Crippen LogP contribution in [-0.2, 0) is 0 Å². The van der Waals surface area contributed by atoms with Crippen molar-refractivity contribution in [3.63, 3.8) is 0 Å². The third-order valence-corrected chi connectivity index (χ3v) is 1.97. The summed E-state index contributed by atoms with van der Waals surface area (Å²) >= 11 is 3.03. The van der Waals surface area contributed by atoms with E-state index in [-0.39, 0.29) is 5.82 Å². The number of benzene rings is 1. The van der Waals surface area contributed by atoms with Gasteiger partial charge in [-0.3, -0.25) is 0 Å². The van der Waals surface area contributed by atoms with Crippen molar-refractivity contribution in [2.75, 3.05) is 0 Å². The average Bonchev–Trinajstić information content (AvgIpc) is 1.97. The van der Waals surface area contributed by atoms with Crippen molar-refractivity contribution in [2.45, 2.75) is 6.92 Å². The Morgan fingerprint density at radius 1 is 1.55 bits per heavy atom. The van der Waals surface area contributed by atoms with E-state index in [1.54, 1.807) is 13.0 Å². The Balaban J connectivity index is 3.35. The van der Waals surface area contributed by atoms with Gasteiger partial charge in [0, 0.05) is 0 Å². The lowest BCUT2D eigenvalue weighted by Gasteiger charge is -1.98. The second kappa shape index (κ2) is 3.02. The molecule has 0 aliphatic rings. The molecule has 3 heteroatoms. The van der Waals surface area contributed by atoms with Crippen molar-refractivity contribution < 1.29 is 4.39 Å². The fraction of sp³-hybridized carbons (Fsp3) is 0.125. The second-order valence-corrected chi connectivity index (χ2v) is 3.02. The van der Waals surface area contributed by atoms with Gasteiger partial charge >= 0.3 is 0 Å². The van der Waals surface area contributed by atoms with E-state index in [0.29, 0.717) is 10.2 Å². The molecule has 0 radical (unpaired) electrons. The molecule has 1 nitrogen and oxygen atoms in total. The highest BCUT2D eigenvalue weighted by atomic mass is 79.9. The Labute approximate surface area is 72.8 Å². The first-order valence-corrected chi connectivity index (χ1v) is 3.77. The molecule has 0 saturated heterocycles. The highest BCUT2D eigenvalue weighted by molar-refractivity contribution is 9.10. The van der Waals surface area contributed by atoms with E-state index in [2.05, 4.69) is 20.8 Å². The summed E-state index contributed by atoms with van der Waals surface area (Å²) in [5.74, 6) is -0.387. The molecule has 0 N–H and O–H groups in total. The average molecular weight is 214 g/mol. The first kappa shape index (κ1) is 8.22. The van der Waals surface area contributed by atoms with E-state index in [1.165, 1.54) is 6.07 Å². The minimum Gasteiger partial charge on any atom is -0.238 e. The van der Waals surface area contributed by atoms with Gasteiger partial charge in [0.2, 0.25) is 0 Å². The van der Waals surface area contributed by atoms with Gasteiger partial charge in [-0.05, 0) is 34.5 Å². The zero-order valence-electron chi connectivity index (χ0n) is 5.86. The van der Waals surface area contributed by atoms with E-state index in [1.807, 2.05) is 0 Å². The number of aryl methyl sites for hydroxylation is 1. The predicted molar refractivity (Wildman–Crippen MR) is 45.1 cm³/mol. The van der Waals surface area contributed by atoms with Crippen molar-refractivity contribution in [1.82, 2.24) is 0 Å². The first-order valence-electron chi connectivity index (χ1n) is 2.98. The van der Waals surface area contributed by atoms with Crippen LogP contribution in [0, 0.1) is 19.3 Å². The molecule has 0 unspecified atom stereocenters. The Morgan fingerprint density at radius 2 is 2.18 bits per heavy atom. The maximum atomic E-state index is 12.8. The van der Waals surface area contributed by atoms with Crippen LogP contribution < -0.4 is 0 Å². The molecular formula is C8H5BrFN. The highest BCUT2D eigenvalue weighted by Gasteiger charge is 2.03. The normalized spacial score (nSPS) is 9.27. The zero-order chi connectivity index (χ0) is 8.43. The van der Waals surface area contributed by atoms with Crippen LogP contribution in [0.2, 0.25) is 0 Å². The fourth-order valence-corrected chi connectivity index (χ4v) is 1.21. The molecule has 0 aromatic heterocycles. The van der Waals surface area contributed by atoms with Gasteiger partial charge in [-0.2, -0.15) is 0 Å². The zero-order valence-corrected chi connectivity index (χ0v) is 7.44. The largest absolute Gasteiger partial charge is 0.238 e. The SMILES string of the molecule is [C-]#[N+]c1cc(F)c(Br)cc1C. The van der Waals surface area contributed by atoms with Gasteiger partial charge in [0.25, 0.3) is 0 Å². The smallest absolute Gasteiger partial charge is 0.193 e. The van der Waals surface area contributed by atoms with Crippen LogP contribution in [-0.4, -0.2) is 0 Å². The molecule has 0 atom stereocenters. The van der Waals surface area contributed by atoms with Crippen LogP contribution in [0.1, 0.15) is 5.56 Å². The van der Waals surface area contributed by atoms with Gasteiger partial charge in [-0.25, -0.2) is 9.24 Å². The lowest BCUT2D eigenvalue weighted by Crippen LogP contribution is -1.79. The lowest BCUT2D eigenvalue weighted by atomic mass is 10.2. The highest BCUT2D eigenvalue weighted by Crippen LogP contribution is 2.25. The Hall–Kier alpha value is -0.880. The summed E-state index contributed by atoms with van der Waals surface area (Å²) in [5, 5.41) is 0. The van der Waals surface area contributed by atoms with Crippen molar-refractivity contribution in [1.29, 1.82) is 0 Å². The number of hydrogen-bond donors (Lipinski definition) is 0. The third kappa shape index (κ3) is 1.58. The topological polar surface area (TPSA) is 4.36 Å². The van der Waals surface area contributed by atoms with Gasteiger partial charge in [-0.1, -0.05) is 6.07 Å². The monoisotopic (exact) mass is 213 g/mol. The summed E-state index contributed by atoms with van der Waals surface area (Å²) in [4.78, 5) is 3.16. The van der Waals surface area contributed by atoms with Gasteiger partial charge < -0.3 is 0 Å². The molecule has 1 aromatic carbocycles. The molecule has 0 amide bonds. The Bertz CT molecular complexity index is 328. The second-order valence-electron chi connectivity index (χ2n) is 2.16. The molecule has 0 aliphatic heterocycles. The van der Waals surface area contributed by atoms with Crippen molar-refractivity contribution >= 4 is 21.6 Å². The van der Waals surface area contributed by atoms with Crippen LogP contribution in [0.3, 0.4) is 0 Å². The van der Waals surface area contributed by atoms with Gasteiger partial charge in [0.1, 0.15) is 5.82 Å². The summed E-state index contributed by atoms with van der Waals surface area (Å²) in [6.07, 6.45) is 0. The number of hydrogen-bond acceptors (Lipinski definition) is 0. The quantitative estimate of drug-likeness (QED) is 0.582. The van der Waals surface area contributed by atoms with Crippen LogP contribution in [0.4, 0.5) is 10.1 Å². The van der Waals surface area contributed by atoms with E-state index in [0.717, 1.165) is 5.56 Å². The van der Waals surface area contributed by atoms with Crippen LogP contribution in [0.25, 0.3) is 4.85 Å². The summed E-state index contributed by atoms with van der Waals surface area (Å²) < 4.78 is 13.2. The van der Waals surface area contributed by atoms with Crippen molar-refractivity contribution in [3.8, 4) is 0 Å². The Kier molecular flexibility index (Phi) is 2.25. The molecule has 0 spiro atoms. The van der Waals surface area contributed by atoms with Gasteiger partial charge in [-0.15, -0.1) is 0 Å². The Morgan fingerprint density at radius 3 is 2.73 bits per heavy atom. The molecule has 0 heterocycles. The van der Waals surface area contributed by atoms with E-state index in [4.69, 9.17) is 6.57 Å². The maximum Gasteiger partial charge on any atom is 0.193 e. The molecule has 0 bridgehead atoms. The molecule has 1 aromatic rings. The number of nitrogens with zero attached hydrogens (tertiary/aromatic N) is 1. The van der Waals surface area contributed by atoms with Crippen molar-refractivity contribution in [3.05, 3.63) is 39.4 Å². The summed E-state index contributed by atoms with van der Waals surface area (Å²) in [6.45, 7) is 8.47. The molecule has 0 aliphatic carbocycles. The fourth-order valence-electron chi connectivity index (χ4n) is 0.756. The third-order valence-electron chi connectivity index (χ3n) is 1.36. The molecule has 0 saturated carbocycles. The van der Waals surface area contributed by atoms with Gasteiger partial charge in [0.15, 0.2) is 5.69 Å². The molecule has 1 rings (SSSR count). The predicted octanol–water partition coefficient (Wildman–Crippen LogP) is 3.45. The van der Waals surface area contributed by atoms with Crippen LogP contribution in [0.15, 0.2) is 16.6 Å². The number of halogens is 2. The molecule has 11 heavy (non-hydrogen) atoms. The maximum absolute atomic E-state index is 12.8. The minimum absolute atomic E-state index is 0.366. The van der Waals surface area contributed by atoms with E-state index in [9.17, 15) is 4.39 Å². The minimum atomic E-state index is -0.387. The first-order chi connectivity index (χ1) is 5.15. The lowest BCUT2D eigenvalue weighted by molar-refractivity contribution is 0.621. The molecule has 0 fully saturated rings. The van der Waals surface area contributed by atoms with E-state index < -0.39 is 0 Å². The van der Waals surface area contributed by atoms with E-state index >= 15 is 0 Å². The van der Waals surface area contributed by atoms with Crippen LogP contribution >= 0.6 is 15.9 Å². The van der Waals surface area contributed by atoms with Gasteiger partial charge in [0.05, 0.1) is 11.0 Å². The standard InChI is InChI=1S/C8H5BrFN/c1-5-3-6(9)7(10)4-8(5)11-2/h3-4H,1H3. The van der Waals surface area contributed by atoms with Crippen molar-refractivity contribution in [2.24, 2.45) is 0 Å².